The first-order valence-electron chi connectivity index (χ1n) is 9.17. The van der Waals surface area contributed by atoms with Crippen LogP contribution in [0, 0.1) is 5.82 Å². The van der Waals surface area contributed by atoms with Gasteiger partial charge in [0.2, 0.25) is 0 Å². The van der Waals surface area contributed by atoms with E-state index in [9.17, 15) is 9.50 Å². The number of nitrogens with zero attached hydrogens (tertiary/aromatic N) is 1. The number of aromatic nitrogens is 1. The monoisotopic (exact) mass is 365 g/mol. The lowest BCUT2D eigenvalue weighted by Gasteiger charge is -2.21. The van der Waals surface area contributed by atoms with Crippen molar-refractivity contribution in [3.05, 3.63) is 77.9 Å². The van der Waals surface area contributed by atoms with Gasteiger partial charge in [-0.1, -0.05) is 44.2 Å². The van der Waals surface area contributed by atoms with Crippen LogP contribution in [0.2, 0.25) is 0 Å². The lowest BCUT2D eigenvalue weighted by atomic mass is 9.88. The van der Waals surface area contributed by atoms with Crippen molar-refractivity contribution < 1.29 is 14.2 Å². The molecule has 0 amide bonds. The summed E-state index contributed by atoms with van der Waals surface area (Å²) in [6.45, 7) is 6.51. The van der Waals surface area contributed by atoms with Crippen LogP contribution in [0.3, 0.4) is 0 Å². The maximum absolute atomic E-state index is 13.5. The van der Waals surface area contributed by atoms with Crippen molar-refractivity contribution >= 4 is 10.9 Å². The van der Waals surface area contributed by atoms with E-state index >= 15 is 0 Å². The highest BCUT2D eigenvalue weighted by atomic mass is 19.1. The van der Waals surface area contributed by atoms with E-state index in [1.807, 2.05) is 45.0 Å². The molecule has 1 heterocycles. The quantitative estimate of drug-likeness (QED) is 0.566. The lowest BCUT2D eigenvalue weighted by Crippen LogP contribution is -2.08. The summed E-state index contributed by atoms with van der Waals surface area (Å²) in [6.07, 6.45) is 2.25. The van der Waals surface area contributed by atoms with Crippen molar-refractivity contribution in [1.29, 1.82) is 0 Å². The zero-order valence-electron chi connectivity index (χ0n) is 15.8. The number of ether oxygens (including phenoxy) is 1. The number of benzene rings is 2. The molecule has 0 saturated carbocycles. The Morgan fingerprint density at radius 2 is 1.81 bits per heavy atom. The van der Waals surface area contributed by atoms with Gasteiger partial charge in [0.05, 0.1) is 24.1 Å². The summed E-state index contributed by atoms with van der Waals surface area (Å²) in [5, 5.41) is 11.9. The van der Waals surface area contributed by atoms with E-state index in [1.165, 1.54) is 18.4 Å². The Kier molecular flexibility index (Phi) is 5.87. The molecule has 0 saturated heterocycles. The average molecular weight is 365 g/mol. The van der Waals surface area contributed by atoms with Gasteiger partial charge < -0.3 is 9.84 Å². The Hall–Kier alpha value is -2.72. The van der Waals surface area contributed by atoms with E-state index in [0.717, 1.165) is 33.3 Å². The number of fused-ring (bicyclic) bond motifs is 1. The largest absolute Gasteiger partial charge is 0.502 e. The zero-order chi connectivity index (χ0) is 19.4. The molecule has 0 aliphatic heterocycles. The van der Waals surface area contributed by atoms with E-state index in [-0.39, 0.29) is 11.7 Å². The predicted octanol–water partition coefficient (Wildman–Crippen LogP) is 5.75. The van der Waals surface area contributed by atoms with Crippen molar-refractivity contribution in [2.45, 2.75) is 32.8 Å². The number of hydrogen-bond donors (Lipinski definition) is 1. The third-order valence-corrected chi connectivity index (χ3v) is 4.46. The molecule has 4 heteroatoms. The first-order valence-corrected chi connectivity index (χ1v) is 9.17. The number of rotatable bonds is 6. The Morgan fingerprint density at radius 1 is 1.11 bits per heavy atom. The van der Waals surface area contributed by atoms with E-state index in [0.29, 0.717) is 6.61 Å². The van der Waals surface area contributed by atoms with Crippen LogP contribution in [0.1, 0.15) is 44.1 Å². The summed E-state index contributed by atoms with van der Waals surface area (Å²) in [7, 11) is 0. The van der Waals surface area contributed by atoms with Crippen LogP contribution in [-0.2, 0) is 4.74 Å². The molecule has 0 aliphatic rings. The van der Waals surface area contributed by atoms with E-state index in [1.54, 1.807) is 18.2 Å². The smallest absolute Gasteiger partial charge is 0.123 e. The number of hydrogen-bond acceptors (Lipinski definition) is 3. The van der Waals surface area contributed by atoms with Crippen molar-refractivity contribution in [3.63, 3.8) is 0 Å². The number of aliphatic hydroxyl groups excluding tert-OH is 1. The number of pyridine rings is 1. The molecule has 3 aromatic rings. The maximum Gasteiger partial charge on any atom is 0.123 e. The molecule has 0 spiro atoms. The average Bonchev–Trinajstić information content (AvgIpc) is 2.67. The second kappa shape index (κ2) is 8.31. The van der Waals surface area contributed by atoms with Gasteiger partial charge in [-0.25, -0.2) is 4.39 Å². The van der Waals surface area contributed by atoms with Crippen LogP contribution in [-0.4, -0.2) is 16.7 Å². The fourth-order valence-electron chi connectivity index (χ4n) is 3.24. The van der Waals surface area contributed by atoms with Crippen molar-refractivity contribution in [2.24, 2.45) is 0 Å². The standard InChI is InChI=1S/C23H24FNO2/c1-4-27-14-13-20(26)22-21(16-9-11-17(24)12-10-16)18-7-5-6-8-19(18)25-23(22)15(2)3/h5-15,20,26H,4H2,1-3H3. The highest BCUT2D eigenvalue weighted by Crippen LogP contribution is 2.39. The summed E-state index contributed by atoms with van der Waals surface area (Å²) in [4.78, 5) is 4.82. The molecular weight excluding hydrogens is 341 g/mol. The molecule has 1 unspecified atom stereocenters. The first-order chi connectivity index (χ1) is 13.0. The van der Waals surface area contributed by atoms with Crippen LogP contribution in [0.15, 0.2) is 60.9 Å². The van der Waals surface area contributed by atoms with Crippen LogP contribution in [0.4, 0.5) is 4.39 Å². The summed E-state index contributed by atoms with van der Waals surface area (Å²) in [5.74, 6) is -0.182. The van der Waals surface area contributed by atoms with Gasteiger partial charge in [0.15, 0.2) is 0 Å². The van der Waals surface area contributed by atoms with Crippen molar-refractivity contribution in [3.8, 4) is 11.1 Å². The van der Waals surface area contributed by atoms with Gasteiger partial charge in [-0.15, -0.1) is 0 Å². The Bertz CT molecular complexity index is 948. The second-order valence-corrected chi connectivity index (χ2v) is 6.69. The number of aliphatic hydroxyl groups is 1. The highest BCUT2D eigenvalue weighted by molar-refractivity contribution is 5.97. The fourth-order valence-corrected chi connectivity index (χ4v) is 3.24. The van der Waals surface area contributed by atoms with Crippen LogP contribution in [0.25, 0.3) is 22.0 Å². The summed E-state index contributed by atoms with van der Waals surface area (Å²) in [5.41, 5.74) is 4.12. The first kappa shape index (κ1) is 19.1. The van der Waals surface area contributed by atoms with Gasteiger partial charge >= 0.3 is 0 Å². The van der Waals surface area contributed by atoms with E-state index in [2.05, 4.69) is 0 Å². The van der Waals surface area contributed by atoms with Gasteiger partial charge in [0.1, 0.15) is 11.9 Å². The van der Waals surface area contributed by atoms with E-state index in [4.69, 9.17) is 9.72 Å². The topological polar surface area (TPSA) is 42.4 Å². The second-order valence-electron chi connectivity index (χ2n) is 6.69. The molecule has 1 N–H and O–H groups in total. The molecule has 1 atom stereocenters. The van der Waals surface area contributed by atoms with Gasteiger partial charge in [0.25, 0.3) is 0 Å². The number of halogens is 1. The minimum Gasteiger partial charge on any atom is -0.502 e. The molecule has 3 nitrogen and oxygen atoms in total. The third kappa shape index (κ3) is 4.01. The Labute approximate surface area is 159 Å². The fraction of sp³-hybridized carbons (Fsp3) is 0.261. The minimum atomic E-state index is -0.883. The third-order valence-electron chi connectivity index (χ3n) is 4.46. The van der Waals surface area contributed by atoms with Crippen LogP contribution >= 0.6 is 0 Å². The molecule has 0 bridgehead atoms. The summed E-state index contributed by atoms with van der Waals surface area (Å²) in [6, 6.07) is 14.2. The molecule has 2 aromatic carbocycles. The lowest BCUT2D eigenvalue weighted by molar-refractivity contribution is 0.213. The molecule has 0 radical (unpaired) electrons. The maximum atomic E-state index is 13.5. The van der Waals surface area contributed by atoms with Crippen LogP contribution < -0.4 is 0 Å². The molecule has 140 valence electrons. The minimum absolute atomic E-state index is 0.110. The van der Waals surface area contributed by atoms with Gasteiger partial charge in [-0.05, 0) is 48.2 Å². The molecule has 0 fully saturated rings. The van der Waals surface area contributed by atoms with Crippen molar-refractivity contribution in [1.82, 2.24) is 4.98 Å². The molecule has 27 heavy (non-hydrogen) atoms. The predicted molar refractivity (Wildman–Crippen MR) is 107 cm³/mol. The molecular formula is C23H24FNO2. The molecule has 0 aliphatic carbocycles. The number of para-hydroxylation sites is 1. The van der Waals surface area contributed by atoms with Crippen molar-refractivity contribution in [2.75, 3.05) is 6.61 Å². The molecule has 3 rings (SSSR count). The molecule has 1 aromatic heterocycles. The van der Waals surface area contributed by atoms with E-state index < -0.39 is 6.10 Å². The highest BCUT2D eigenvalue weighted by Gasteiger charge is 2.22. The van der Waals surface area contributed by atoms with Gasteiger partial charge in [0, 0.05) is 10.9 Å². The van der Waals surface area contributed by atoms with Gasteiger partial charge in [-0.2, -0.15) is 0 Å². The normalized spacial score (nSPS) is 12.8. The van der Waals surface area contributed by atoms with Gasteiger partial charge in [-0.3, -0.25) is 4.98 Å². The zero-order valence-corrected chi connectivity index (χ0v) is 15.8. The summed E-state index contributed by atoms with van der Waals surface area (Å²) >= 11 is 0. The summed E-state index contributed by atoms with van der Waals surface area (Å²) < 4.78 is 18.8. The van der Waals surface area contributed by atoms with Crippen LogP contribution in [0.5, 0.6) is 0 Å². The Morgan fingerprint density at radius 3 is 2.48 bits per heavy atom. The SMILES string of the molecule is CCOC=CC(O)c1c(C(C)C)nc2ccccc2c1-c1ccc(F)cc1. The Balaban J connectivity index is 2.33.